The molecule has 1 unspecified atom stereocenters. The van der Waals surface area contributed by atoms with Crippen LogP contribution in [0.3, 0.4) is 0 Å². The van der Waals surface area contributed by atoms with Crippen LogP contribution in [0.15, 0.2) is 28.7 Å². The van der Waals surface area contributed by atoms with Gasteiger partial charge in [0.05, 0.1) is 5.54 Å². The molecule has 0 radical (unpaired) electrons. The summed E-state index contributed by atoms with van der Waals surface area (Å²) >= 11 is 3.40. The first kappa shape index (κ1) is 15.5. The van der Waals surface area contributed by atoms with Crippen LogP contribution in [-0.2, 0) is 4.79 Å². The second-order valence-corrected chi connectivity index (χ2v) is 5.35. The molecule has 0 bridgehead atoms. The van der Waals surface area contributed by atoms with Gasteiger partial charge in [0.1, 0.15) is 0 Å². The van der Waals surface area contributed by atoms with Crippen LogP contribution in [0.4, 0.5) is 5.69 Å². The molecule has 0 saturated carbocycles. The second-order valence-electron chi connectivity index (χ2n) is 4.43. The van der Waals surface area contributed by atoms with E-state index in [1.807, 2.05) is 24.3 Å². The first-order valence-electron chi connectivity index (χ1n) is 5.98. The summed E-state index contributed by atoms with van der Waals surface area (Å²) in [5, 5.41) is 6.32. The fraction of sp³-hybridized carbons (Fsp3) is 0.462. The van der Waals surface area contributed by atoms with Crippen molar-refractivity contribution < 1.29 is 4.79 Å². The summed E-state index contributed by atoms with van der Waals surface area (Å²) in [5.41, 5.74) is 0.466. The van der Waals surface area contributed by atoms with Gasteiger partial charge in [-0.25, -0.2) is 0 Å². The number of carbonyl (C=O) groups excluding carboxylic acids is 1. The number of rotatable bonds is 3. The van der Waals surface area contributed by atoms with Gasteiger partial charge < -0.3 is 10.6 Å². The molecule has 3 nitrogen and oxygen atoms in total. The Hall–Kier alpha value is -0.580. The highest BCUT2D eigenvalue weighted by molar-refractivity contribution is 9.10. The van der Waals surface area contributed by atoms with Crippen molar-refractivity contribution in [2.24, 2.45) is 0 Å². The Morgan fingerprint density at radius 1 is 1.56 bits per heavy atom. The van der Waals surface area contributed by atoms with Crippen molar-refractivity contribution in [2.75, 3.05) is 11.9 Å². The minimum Gasteiger partial charge on any atom is -0.324 e. The monoisotopic (exact) mass is 332 g/mol. The van der Waals surface area contributed by atoms with E-state index < -0.39 is 0 Å². The Morgan fingerprint density at radius 2 is 2.33 bits per heavy atom. The van der Waals surface area contributed by atoms with Crippen molar-refractivity contribution in [1.29, 1.82) is 0 Å². The molecular formula is C13H18BrClN2O. The van der Waals surface area contributed by atoms with E-state index in [1.165, 1.54) is 0 Å². The molecule has 100 valence electrons. The van der Waals surface area contributed by atoms with E-state index in [1.54, 1.807) is 0 Å². The fourth-order valence-electron chi connectivity index (χ4n) is 2.28. The molecule has 1 aromatic rings. The van der Waals surface area contributed by atoms with Gasteiger partial charge in [-0.3, -0.25) is 4.79 Å². The molecule has 2 rings (SSSR count). The molecule has 18 heavy (non-hydrogen) atoms. The summed E-state index contributed by atoms with van der Waals surface area (Å²) in [6.45, 7) is 2.98. The van der Waals surface area contributed by atoms with Gasteiger partial charge in [-0.2, -0.15) is 0 Å². The lowest BCUT2D eigenvalue weighted by molar-refractivity contribution is -0.122. The SMILES string of the molecule is CCC1(C(=O)Nc2cccc(Br)c2)CCCN1.Cl. The highest BCUT2D eigenvalue weighted by Gasteiger charge is 2.38. The van der Waals surface area contributed by atoms with Crippen molar-refractivity contribution in [3.05, 3.63) is 28.7 Å². The zero-order chi connectivity index (χ0) is 12.3. The van der Waals surface area contributed by atoms with Gasteiger partial charge in [0.2, 0.25) is 5.91 Å². The standard InChI is InChI=1S/C13H17BrN2O.ClH/c1-2-13(7-4-8-15-13)12(17)16-11-6-3-5-10(14)9-11;/h3,5-6,9,15H,2,4,7-8H2,1H3,(H,16,17);1H. The number of nitrogens with one attached hydrogen (secondary N) is 2. The van der Waals surface area contributed by atoms with E-state index in [0.717, 1.165) is 36.0 Å². The van der Waals surface area contributed by atoms with Crippen LogP contribution in [0.5, 0.6) is 0 Å². The average Bonchev–Trinajstić information content (AvgIpc) is 2.78. The molecule has 1 fully saturated rings. The second kappa shape index (κ2) is 6.55. The molecule has 1 saturated heterocycles. The third kappa shape index (κ3) is 3.25. The molecule has 1 aromatic carbocycles. The lowest BCUT2D eigenvalue weighted by Gasteiger charge is -2.26. The topological polar surface area (TPSA) is 41.1 Å². The van der Waals surface area contributed by atoms with Gasteiger partial charge in [0, 0.05) is 10.2 Å². The maximum Gasteiger partial charge on any atom is 0.244 e. The Bertz CT molecular complexity index is 419. The molecule has 1 heterocycles. The van der Waals surface area contributed by atoms with E-state index in [4.69, 9.17) is 0 Å². The summed E-state index contributed by atoms with van der Waals surface area (Å²) in [6, 6.07) is 7.68. The van der Waals surface area contributed by atoms with Crippen molar-refractivity contribution in [2.45, 2.75) is 31.7 Å². The molecule has 0 spiro atoms. The number of hydrogen-bond donors (Lipinski definition) is 2. The molecule has 2 N–H and O–H groups in total. The first-order chi connectivity index (χ1) is 8.16. The molecule has 1 aliphatic heterocycles. The predicted molar refractivity (Wildman–Crippen MR) is 80.3 cm³/mol. The van der Waals surface area contributed by atoms with Crippen LogP contribution in [0.2, 0.25) is 0 Å². The number of benzene rings is 1. The summed E-state index contributed by atoms with van der Waals surface area (Å²) in [4.78, 5) is 12.3. The van der Waals surface area contributed by atoms with Crippen LogP contribution in [-0.4, -0.2) is 18.0 Å². The van der Waals surface area contributed by atoms with Crippen molar-refractivity contribution in [3.8, 4) is 0 Å². The number of amides is 1. The Kier molecular flexibility index (Phi) is 5.63. The summed E-state index contributed by atoms with van der Waals surface area (Å²) in [6.07, 6.45) is 2.82. The van der Waals surface area contributed by atoms with Crippen LogP contribution < -0.4 is 10.6 Å². The normalized spacial score (nSPS) is 22.3. The zero-order valence-corrected chi connectivity index (χ0v) is 12.7. The third-order valence-corrected chi connectivity index (χ3v) is 3.86. The molecule has 0 aliphatic carbocycles. The zero-order valence-electron chi connectivity index (χ0n) is 10.3. The lowest BCUT2D eigenvalue weighted by atomic mass is 9.93. The van der Waals surface area contributed by atoms with Gasteiger partial charge in [-0.05, 0) is 44.0 Å². The van der Waals surface area contributed by atoms with E-state index in [9.17, 15) is 4.79 Å². The Labute approximate surface area is 122 Å². The molecule has 5 heteroatoms. The molecule has 0 aromatic heterocycles. The first-order valence-corrected chi connectivity index (χ1v) is 6.78. The van der Waals surface area contributed by atoms with Crippen LogP contribution in [0, 0.1) is 0 Å². The average molecular weight is 334 g/mol. The highest BCUT2D eigenvalue weighted by Crippen LogP contribution is 2.25. The smallest absolute Gasteiger partial charge is 0.244 e. The maximum absolute atomic E-state index is 12.3. The van der Waals surface area contributed by atoms with Gasteiger partial charge in [0.15, 0.2) is 0 Å². The van der Waals surface area contributed by atoms with Crippen LogP contribution in [0.25, 0.3) is 0 Å². The molecule has 1 amide bonds. The van der Waals surface area contributed by atoms with Gasteiger partial charge in [0.25, 0.3) is 0 Å². The van der Waals surface area contributed by atoms with E-state index in [2.05, 4.69) is 33.5 Å². The summed E-state index contributed by atoms with van der Waals surface area (Å²) in [5.74, 6) is 0.0793. The largest absolute Gasteiger partial charge is 0.324 e. The van der Waals surface area contributed by atoms with Crippen LogP contribution >= 0.6 is 28.3 Å². The Morgan fingerprint density at radius 3 is 2.89 bits per heavy atom. The van der Waals surface area contributed by atoms with Gasteiger partial charge in [-0.1, -0.05) is 28.9 Å². The lowest BCUT2D eigenvalue weighted by Crippen LogP contribution is -2.50. The van der Waals surface area contributed by atoms with E-state index in [-0.39, 0.29) is 23.9 Å². The number of anilines is 1. The van der Waals surface area contributed by atoms with Crippen molar-refractivity contribution in [3.63, 3.8) is 0 Å². The van der Waals surface area contributed by atoms with Crippen molar-refractivity contribution >= 4 is 39.9 Å². The summed E-state index contributed by atoms with van der Waals surface area (Å²) < 4.78 is 0.972. The van der Waals surface area contributed by atoms with Gasteiger partial charge >= 0.3 is 0 Å². The number of halogens is 2. The predicted octanol–water partition coefficient (Wildman–Crippen LogP) is 3.34. The van der Waals surface area contributed by atoms with E-state index in [0.29, 0.717) is 0 Å². The summed E-state index contributed by atoms with van der Waals surface area (Å²) in [7, 11) is 0. The maximum atomic E-state index is 12.3. The van der Waals surface area contributed by atoms with Crippen LogP contribution in [0.1, 0.15) is 26.2 Å². The van der Waals surface area contributed by atoms with E-state index >= 15 is 0 Å². The third-order valence-electron chi connectivity index (χ3n) is 3.36. The fourth-order valence-corrected chi connectivity index (χ4v) is 2.68. The minimum absolute atomic E-state index is 0. The number of carbonyl (C=O) groups is 1. The molecule has 1 atom stereocenters. The Balaban J connectivity index is 0.00000162. The minimum atomic E-state index is -0.373. The molecular weight excluding hydrogens is 316 g/mol. The highest BCUT2D eigenvalue weighted by atomic mass is 79.9. The quantitative estimate of drug-likeness (QED) is 0.890. The molecule has 1 aliphatic rings. The van der Waals surface area contributed by atoms with Gasteiger partial charge in [-0.15, -0.1) is 12.4 Å². The number of hydrogen-bond acceptors (Lipinski definition) is 2. The van der Waals surface area contributed by atoms with Crippen molar-refractivity contribution in [1.82, 2.24) is 5.32 Å².